The van der Waals surface area contributed by atoms with E-state index in [9.17, 15) is 4.79 Å². The van der Waals surface area contributed by atoms with Crippen molar-refractivity contribution in [1.82, 2.24) is 0 Å². The third-order valence-corrected chi connectivity index (χ3v) is 4.42. The summed E-state index contributed by atoms with van der Waals surface area (Å²) < 4.78 is 5.72. The van der Waals surface area contributed by atoms with Crippen LogP contribution in [0.1, 0.15) is 38.1 Å². The summed E-state index contributed by atoms with van der Waals surface area (Å²) >= 11 is 0. The molecular formula is C18H22O2. The Morgan fingerprint density at radius 3 is 2.35 bits per heavy atom. The minimum atomic E-state index is -0.464. The molecule has 0 aromatic heterocycles. The zero-order valence-electron chi connectivity index (χ0n) is 12.9. The van der Waals surface area contributed by atoms with Gasteiger partial charge in [0.1, 0.15) is 5.60 Å². The normalized spacial score (nSPS) is 23.8. The van der Waals surface area contributed by atoms with Gasteiger partial charge in [0.05, 0.1) is 0 Å². The predicted molar refractivity (Wildman–Crippen MR) is 81.8 cm³/mol. The first kappa shape index (κ1) is 14.7. The number of methoxy groups -OCH3 is 1. The van der Waals surface area contributed by atoms with Crippen LogP contribution in [0.5, 0.6) is 0 Å². The van der Waals surface area contributed by atoms with Crippen molar-refractivity contribution in [3.8, 4) is 0 Å². The second-order valence-corrected chi connectivity index (χ2v) is 5.61. The highest BCUT2D eigenvalue weighted by Gasteiger charge is 2.40. The van der Waals surface area contributed by atoms with Crippen LogP contribution in [0.2, 0.25) is 0 Å². The Morgan fingerprint density at radius 1 is 1.20 bits per heavy atom. The van der Waals surface area contributed by atoms with Crippen LogP contribution in [0.4, 0.5) is 0 Å². The quantitative estimate of drug-likeness (QED) is 0.767. The van der Waals surface area contributed by atoms with E-state index in [1.165, 1.54) is 0 Å². The van der Waals surface area contributed by atoms with Crippen LogP contribution in [0.25, 0.3) is 0 Å². The fraction of sp³-hybridized carbons (Fsp3) is 0.389. The number of ketones is 1. The summed E-state index contributed by atoms with van der Waals surface area (Å²) in [6, 6.07) is 9.46. The van der Waals surface area contributed by atoms with Gasteiger partial charge in [0.25, 0.3) is 0 Å². The fourth-order valence-electron chi connectivity index (χ4n) is 3.14. The maximum absolute atomic E-state index is 12.7. The molecule has 2 heteroatoms. The third kappa shape index (κ3) is 2.25. The number of hydrogen-bond acceptors (Lipinski definition) is 2. The molecule has 106 valence electrons. The molecule has 1 aromatic rings. The molecule has 20 heavy (non-hydrogen) atoms. The molecule has 1 aliphatic rings. The Bertz CT molecular complexity index is 581. The van der Waals surface area contributed by atoms with Gasteiger partial charge in [0.15, 0.2) is 5.78 Å². The van der Waals surface area contributed by atoms with E-state index >= 15 is 0 Å². The van der Waals surface area contributed by atoms with Gasteiger partial charge in [-0.05, 0) is 37.5 Å². The summed E-state index contributed by atoms with van der Waals surface area (Å²) in [7, 11) is 1.70. The highest BCUT2D eigenvalue weighted by molar-refractivity contribution is 5.99. The minimum Gasteiger partial charge on any atom is -0.370 e. The van der Waals surface area contributed by atoms with E-state index < -0.39 is 5.60 Å². The van der Waals surface area contributed by atoms with Crippen LogP contribution in [0.15, 0.2) is 53.1 Å². The molecule has 0 aliphatic heterocycles. The molecule has 0 saturated carbocycles. The third-order valence-electron chi connectivity index (χ3n) is 4.42. The van der Waals surface area contributed by atoms with Crippen molar-refractivity contribution in [3.05, 3.63) is 58.7 Å². The average molecular weight is 270 g/mol. The van der Waals surface area contributed by atoms with Crippen molar-refractivity contribution in [1.29, 1.82) is 0 Å². The number of hydrogen-bond donors (Lipinski definition) is 0. The van der Waals surface area contributed by atoms with Gasteiger partial charge in [-0.25, -0.2) is 0 Å². The maximum atomic E-state index is 12.7. The first-order valence-electron chi connectivity index (χ1n) is 6.96. The summed E-state index contributed by atoms with van der Waals surface area (Å²) in [5.74, 6) is -0.0395. The number of allylic oxidation sites excluding steroid dienone is 2. The molecule has 2 nitrogen and oxygen atoms in total. The molecule has 0 bridgehead atoms. The van der Waals surface area contributed by atoms with Crippen molar-refractivity contribution >= 4 is 5.78 Å². The van der Waals surface area contributed by atoms with Gasteiger partial charge in [-0.2, -0.15) is 0 Å². The number of carbonyl (C=O) groups is 1. The lowest BCUT2D eigenvalue weighted by Gasteiger charge is -2.32. The molecule has 0 fully saturated rings. The van der Waals surface area contributed by atoms with E-state index in [1.807, 2.05) is 44.2 Å². The lowest BCUT2D eigenvalue weighted by Crippen LogP contribution is -2.34. The predicted octanol–water partition coefficient (Wildman–Crippen LogP) is 4.19. The highest BCUT2D eigenvalue weighted by Crippen LogP contribution is 2.42. The molecule has 0 N–H and O–H groups in total. The lowest BCUT2D eigenvalue weighted by molar-refractivity contribution is 0.0606. The molecule has 0 heterocycles. The molecule has 0 amide bonds. The van der Waals surface area contributed by atoms with E-state index in [0.29, 0.717) is 0 Å². The number of benzene rings is 1. The Kier molecular flexibility index (Phi) is 3.96. The van der Waals surface area contributed by atoms with E-state index in [4.69, 9.17) is 4.74 Å². The Morgan fingerprint density at radius 2 is 1.80 bits per heavy atom. The molecule has 1 aliphatic carbocycles. The van der Waals surface area contributed by atoms with Gasteiger partial charge in [-0.3, -0.25) is 4.79 Å². The monoisotopic (exact) mass is 270 g/mol. The van der Waals surface area contributed by atoms with Crippen LogP contribution in [0, 0.1) is 5.92 Å². The van der Waals surface area contributed by atoms with E-state index in [2.05, 4.69) is 19.9 Å². The van der Waals surface area contributed by atoms with E-state index in [-0.39, 0.29) is 11.7 Å². The lowest BCUT2D eigenvalue weighted by atomic mass is 9.80. The molecule has 1 aromatic carbocycles. The smallest absolute Gasteiger partial charge is 0.169 e. The van der Waals surface area contributed by atoms with Crippen LogP contribution in [-0.4, -0.2) is 18.5 Å². The molecule has 0 saturated heterocycles. The number of Topliss-reactive ketones (excluding diaryl/α,β-unsaturated/α-hetero) is 1. The van der Waals surface area contributed by atoms with Gasteiger partial charge in [0, 0.05) is 18.6 Å². The number of carbonyl (C=O) groups excluding carboxylic acids is 1. The molecule has 0 spiro atoms. The Balaban J connectivity index is 2.37. The second kappa shape index (κ2) is 5.37. The van der Waals surface area contributed by atoms with Crippen LogP contribution >= 0.6 is 0 Å². The van der Waals surface area contributed by atoms with Crippen molar-refractivity contribution in [3.63, 3.8) is 0 Å². The second-order valence-electron chi connectivity index (χ2n) is 5.61. The van der Waals surface area contributed by atoms with Crippen LogP contribution in [0.3, 0.4) is 0 Å². The number of rotatable bonds is 4. The van der Waals surface area contributed by atoms with E-state index in [0.717, 1.165) is 22.3 Å². The first-order valence-corrected chi connectivity index (χ1v) is 6.96. The Labute approximate surface area is 121 Å². The summed E-state index contributed by atoms with van der Waals surface area (Å²) in [4.78, 5) is 12.7. The molecule has 2 atom stereocenters. The van der Waals surface area contributed by atoms with Crippen LogP contribution in [-0.2, 0) is 4.74 Å². The molecule has 2 rings (SSSR count). The largest absolute Gasteiger partial charge is 0.370 e. The SMILES string of the molecule is COC1(C)C(C)=CC(C)=C1C(C)C(=O)c1ccccc1. The van der Waals surface area contributed by atoms with Crippen molar-refractivity contribution in [2.24, 2.45) is 5.92 Å². The first-order chi connectivity index (χ1) is 9.41. The van der Waals surface area contributed by atoms with Gasteiger partial charge >= 0.3 is 0 Å². The van der Waals surface area contributed by atoms with Crippen LogP contribution < -0.4 is 0 Å². The zero-order valence-corrected chi connectivity index (χ0v) is 12.9. The number of ether oxygens (including phenoxy) is 1. The van der Waals surface area contributed by atoms with Crippen molar-refractivity contribution in [2.75, 3.05) is 7.11 Å². The Hall–Kier alpha value is -1.67. The van der Waals surface area contributed by atoms with Gasteiger partial charge < -0.3 is 4.74 Å². The van der Waals surface area contributed by atoms with Gasteiger partial charge in [-0.1, -0.05) is 43.3 Å². The highest BCUT2D eigenvalue weighted by atomic mass is 16.5. The average Bonchev–Trinajstić information content (AvgIpc) is 2.69. The van der Waals surface area contributed by atoms with Gasteiger partial charge in [0.2, 0.25) is 0 Å². The van der Waals surface area contributed by atoms with Crippen molar-refractivity contribution in [2.45, 2.75) is 33.3 Å². The fourth-order valence-corrected chi connectivity index (χ4v) is 3.14. The molecular weight excluding hydrogens is 248 g/mol. The minimum absolute atomic E-state index is 0.145. The standard InChI is InChI=1S/C18H22O2/c1-12-11-13(2)18(4,20-5)16(12)14(3)17(19)15-9-7-6-8-10-15/h6-11,14H,1-5H3. The van der Waals surface area contributed by atoms with Gasteiger partial charge in [-0.15, -0.1) is 0 Å². The maximum Gasteiger partial charge on any atom is 0.169 e. The van der Waals surface area contributed by atoms with Crippen molar-refractivity contribution < 1.29 is 9.53 Å². The molecule has 2 unspecified atom stereocenters. The molecule has 0 radical (unpaired) electrons. The summed E-state index contributed by atoms with van der Waals surface area (Å²) in [5, 5.41) is 0. The summed E-state index contributed by atoms with van der Waals surface area (Å²) in [6.45, 7) is 8.12. The zero-order chi connectivity index (χ0) is 14.9. The summed E-state index contributed by atoms with van der Waals surface area (Å²) in [6.07, 6.45) is 2.12. The van der Waals surface area contributed by atoms with E-state index in [1.54, 1.807) is 7.11 Å². The topological polar surface area (TPSA) is 26.3 Å². The summed E-state index contributed by atoms with van der Waals surface area (Å²) in [5.41, 5.74) is 3.66.